The molecule has 0 spiro atoms. The highest BCUT2D eigenvalue weighted by molar-refractivity contribution is 7.96. The van der Waals surface area contributed by atoms with Crippen LogP contribution in [0.2, 0.25) is 0 Å². The summed E-state index contributed by atoms with van der Waals surface area (Å²) in [6.07, 6.45) is -52.9. The first-order chi connectivity index (χ1) is 34.8. The molecule has 4 nitrogen and oxygen atoms in total. The van der Waals surface area contributed by atoms with Crippen LogP contribution in [-0.4, -0.2) is 28.9 Å². The second-order valence-electron chi connectivity index (χ2n) is 16.5. The van der Waals surface area contributed by atoms with E-state index in [9.17, 15) is 120 Å². The van der Waals surface area contributed by atoms with E-state index in [-0.39, 0.29) is 22.4 Å². The number of ketones is 1. The number of non-ortho nitro benzene ring substituents is 1. The molecule has 0 saturated carbocycles. The first kappa shape index (κ1) is 61.0. The van der Waals surface area contributed by atoms with Crippen molar-refractivity contribution in [3.8, 4) is 0 Å². The highest BCUT2D eigenvalue weighted by Gasteiger charge is 2.47. The Morgan fingerprint density at radius 2 is 0.662 bits per heavy atom. The van der Waals surface area contributed by atoms with E-state index in [2.05, 4.69) is 0 Å². The van der Waals surface area contributed by atoms with Gasteiger partial charge >= 0.3 is 49.4 Å². The second kappa shape index (κ2) is 21.2. The minimum absolute atomic E-state index is 0.0583. The molecule has 1 atom stereocenters. The summed E-state index contributed by atoms with van der Waals surface area (Å²) in [4.78, 5) is 23.3. The summed E-state index contributed by atoms with van der Waals surface area (Å²) in [7, 11) is -0.345. The van der Waals surface area contributed by atoms with Crippen molar-refractivity contribution in [1.82, 2.24) is 0 Å². The van der Waals surface area contributed by atoms with Gasteiger partial charge in [0.15, 0.2) is 10.6 Å². The SMILES string of the molecule is C[S+](CC(=O)c1ccccc1)c1cccc([N+](=O)[O-])c1.FC(F)(F)c1cc([B-](c2cc(C(F)(F)F)cc(C(F)(F)F)c2)(c2cc(C(F)(F)F)cc(C(F)(F)F)c2)c2cc(C(F)(F)F)cc(C(F)(F)F)c2)cc(C(F)(F)F)c1. The molecule has 0 N–H and O–H groups in total. The van der Waals surface area contributed by atoms with Crippen LogP contribution in [0.1, 0.15) is 54.9 Å². The minimum atomic E-state index is -6.13. The normalized spacial score (nSPS) is 13.7. The summed E-state index contributed by atoms with van der Waals surface area (Å²) < 4.78 is 341. The number of rotatable bonds is 9. The van der Waals surface area contributed by atoms with Crippen molar-refractivity contribution in [2.24, 2.45) is 0 Å². The van der Waals surface area contributed by atoms with E-state index in [1.54, 1.807) is 24.3 Å². The van der Waals surface area contributed by atoms with Crippen LogP contribution >= 0.6 is 0 Å². The first-order valence-corrected chi connectivity index (χ1v) is 22.5. The fraction of sp³-hybridized carbons (Fsp3) is 0.213. The number of benzene rings is 6. The van der Waals surface area contributed by atoms with E-state index >= 15 is 0 Å². The summed E-state index contributed by atoms with van der Waals surface area (Å²) in [5.41, 5.74) is -29.5. The summed E-state index contributed by atoms with van der Waals surface area (Å²) >= 11 is 0. The van der Waals surface area contributed by atoms with E-state index in [0.29, 0.717) is 11.3 Å². The van der Waals surface area contributed by atoms with Crippen LogP contribution in [0.25, 0.3) is 0 Å². The zero-order valence-electron chi connectivity index (χ0n) is 37.6. The van der Waals surface area contributed by atoms with Gasteiger partial charge in [-0.1, -0.05) is 84.9 Å². The standard InChI is InChI=1S/C32H12BF24.C15H14NO3S/c34-25(35,36)13-1-14(26(37,38)39)6-21(5-13)33(22-7-15(27(40,41)42)2-16(8-22)28(43,44)45,23-9-17(29(46,47)48)3-18(10-23)30(49,50)51)24-11-19(31(52,53)54)4-20(12-24)32(55,56)57;1-20(11-15(17)12-6-3-2-4-7-12)14-9-5-8-13(10-14)16(18)19/h1-12H;2-10H,11H2,1H3/q-1;+1. The maximum absolute atomic E-state index is 14.2. The Kier molecular flexibility index (Phi) is 16.8. The van der Waals surface area contributed by atoms with E-state index in [0.717, 1.165) is 4.90 Å². The molecule has 0 radical (unpaired) electrons. The van der Waals surface area contributed by atoms with E-state index in [4.69, 9.17) is 0 Å². The number of alkyl halides is 24. The van der Waals surface area contributed by atoms with Crippen LogP contribution in [-0.2, 0) is 60.3 Å². The molecule has 0 bridgehead atoms. The molecular weight excluding hydrogens is 1130 g/mol. The van der Waals surface area contributed by atoms with Gasteiger partial charge in [-0.05, 0) is 30.3 Å². The molecule has 0 aliphatic carbocycles. The van der Waals surface area contributed by atoms with Crippen LogP contribution in [0.4, 0.5) is 111 Å². The van der Waals surface area contributed by atoms with E-state index in [1.807, 2.05) is 30.5 Å². The molecule has 0 saturated heterocycles. The fourth-order valence-electron chi connectivity index (χ4n) is 7.87. The third-order valence-electron chi connectivity index (χ3n) is 11.3. The molecule has 1 unspecified atom stereocenters. The summed E-state index contributed by atoms with van der Waals surface area (Å²) in [5, 5.41) is 10.8. The van der Waals surface area contributed by atoms with E-state index < -0.39 is 200 Å². The average molecular weight is 1150 g/mol. The van der Waals surface area contributed by atoms with Crippen molar-refractivity contribution in [2.45, 2.75) is 54.3 Å². The Bertz CT molecular complexity index is 2700. The third kappa shape index (κ3) is 14.4. The lowest BCUT2D eigenvalue weighted by atomic mass is 9.12. The van der Waals surface area contributed by atoms with Crippen LogP contribution in [0, 0.1) is 10.1 Å². The van der Waals surface area contributed by atoms with Gasteiger partial charge in [-0.25, -0.2) is 0 Å². The summed E-state index contributed by atoms with van der Waals surface area (Å²) in [6.45, 7) is 0. The van der Waals surface area contributed by atoms with Crippen LogP contribution in [0.15, 0.2) is 132 Å². The molecular formula is C47H26BF24NO3S. The second-order valence-corrected chi connectivity index (χ2v) is 18.6. The van der Waals surface area contributed by atoms with Crippen molar-refractivity contribution in [1.29, 1.82) is 0 Å². The maximum Gasteiger partial charge on any atom is 0.416 e. The molecule has 0 aromatic heterocycles. The van der Waals surface area contributed by atoms with Crippen molar-refractivity contribution in [3.63, 3.8) is 0 Å². The van der Waals surface area contributed by atoms with Crippen LogP contribution in [0.5, 0.6) is 0 Å². The molecule has 0 heterocycles. The molecule has 30 heteroatoms. The largest absolute Gasteiger partial charge is 0.416 e. The highest BCUT2D eigenvalue weighted by atomic mass is 32.2. The third-order valence-corrected chi connectivity index (χ3v) is 13.1. The van der Waals surface area contributed by atoms with E-state index in [1.165, 1.54) is 6.07 Å². The average Bonchev–Trinajstić information content (AvgIpc) is 3.29. The molecule has 0 aliphatic rings. The van der Waals surface area contributed by atoms with Gasteiger partial charge < -0.3 is 0 Å². The number of nitro benzene ring substituents is 1. The smallest absolute Gasteiger partial charge is 0.289 e. The molecule has 414 valence electrons. The van der Waals surface area contributed by atoms with Crippen molar-refractivity contribution >= 4 is 50.4 Å². The Morgan fingerprint density at radius 1 is 0.403 bits per heavy atom. The minimum Gasteiger partial charge on any atom is -0.289 e. The Morgan fingerprint density at radius 3 is 0.896 bits per heavy atom. The number of carbonyl (C=O) groups excluding carboxylic acids is 1. The van der Waals surface area contributed by atoms with Crippen LogP contribution in [0.3, 0.4) is 0 Å². The first-order valence-electron chi connectivity index (χ1n) is 20.6. The van der Waals surface area contributed by atoms with Gasteiger partial charge in [0.2, 0.25) is 5.78 Å². The van der Waals surface area contributed by atoms with Crippen LogP contribution < -0.4 is 21.9 Å². The van der Waals surface area contributed by atoms with Gasteiger partial charge in [0.1, 0.15) is 12.4 Å². The number of carbonyl (C=O) groups is 1. The molecule has 77 heavy (non-hydrogen) atoms. The summed E-state index contributed by atoms with van der Waals surface area (Å²) in [5.74, 6) is 0.425. The zero-order valence-corrected chi connectivity index (χ0v) is 38.4. The quantitative estimate of drug-likeness (QED) is 0.0362. The Balaban J connectivity index is 0.000000455. The molecule has 0 aliphatic heterocycles. The van der Waals surface area contributed by atoms with Crippen molar-refractivity contribution < 1.29 is 115 Å². The maximum atomic E-state index is 14.2. The molecule has 6 aromatic rings. The highest BCUT2D eigenvalue weighted by Crippen LogP contribution is 2.41. The predicted molar refractivity (Wildman–Crippen MR) is 230 cm³/mol. The van der Waals surface area contributed by atoms with Gasteiger partial charge in [0, 0.05) is 22.5 Å². The monoisotopic (exact) mass is 1150 g/mol. The topological polar surface area (TPSA) is 60.2 Å². The number of hydrogen-bond acceptors (Lipinski definition) is 3. The van der Waals surface area contributed by atoms with Crippen molar-refractivity contribution in [3.05, 3.63) is 188 Å². The van der Waals surface area contributed by atoms with Gasteiger partial charge in [0.05, 0.1) is 55.5 Å². The van der Waals surface area contributed by atoms with Crippen molar-refractivity contribution in [2.75, 3.05) is 12.0 Å². The number of nitro groups is 1. The lowest BCUT2D eigenvalue weighted by Gasteiger charge is -2.46. The predicted octanol–water partition coefficient (Wildman–Crippen LogP) is 14.3. The lowest BCUT2D eigenvalue weighted by molar-refractivity contribution is -0.385. The van der Waals surface area contributed by atoms with Gasteiger partial charge in [-0.15, -0.1) is 0 Å². The molecule has 0 amide bonds. The van der Waals surface area contributed by atoms with Gasteiger partial charge in [-0.3, -0.25) is 14.9 Å². The fourth-order valence-corrected chi connectivity index (χ4v) is 9.23. The molecule has 0 fully saturated rings. The number of nitrogens with zero attached hydrogens (tertiary/aromatic N) is 1. The summed E-state index contributed by atoms with van der Waals surface area (Å²) in [6, 6.07) is 6.76. The number of halogens is 24. The molecule has 6 rings (SSSR count). The Labute approximate surface area is 418 Å². The lowest BCUT2D eigenvalue weighted by Crippen LogP contribution is -2.75. The van der Waals surface area contributed by atoms with Gasteiger partial charge in [-0.2, -0.15) is 127 Å². The molecule has 6 aromatic carbocycles. The number of Topliss-reactive ketones (excluding diaryl/α,β-unsaturated/α-hetero) is 1. The van der Waals surface area contributed by atoms with Gasteiger partial charge in [0.25, 0.3) is 5.69 Å². The number of hydrogen-bond donors (Lipinski definition) is 0. The Hall–Kier alpha value is -6.88. The zero-order chi connectivity index (χ0) is 58.4.